The molecule has 0 bridgehead atoms. The van der Waals surface area contributed by atoms with Gasteiger partial charge in [-0.1, -0.05) is 19.6 Å². The Morgan fingerprint density at radius 1 is 1.12 bits per heavy atom. The molecule has 9 heteroatoms. The molecule has 2 heterocycles. The molecule has 0 saturated heterocycles. The molecule has 1 aromatic carbocycles. The fourth-order valence-corrected chi connectivity index (χ4v) is 3.85. The van der Waals surface area contributed by atoms with Crippen LogP contribution in [0.5, 0.6) is 11.5 Å². The predicted octanol–water partition coefficient (Wildman–Crippen LogP) is 5.20. The van der Waals surface area contributed by atoms with Crippen LogP contribution in [0.25, 0.3) is 11.3 Å². The third kappa shape index (κ3) is 7.29. The first-order chi connectivity index (χ1) is 16.3. The largest absolute Gasteiger partial charge is 0.461 e. The van der Waals surface area contributed by atoms with Crippen LogP contribution in [0.15, 0.2) is 54.9 Å². The number of imidazole rings is 1. The monoisotopic (exact) mass is 480 g/mol. The van der Waals surface area contributed by atoms with Crippen LogP contribution in [0.1, 0.15) is 23.0 Å². The quantitative estimate of drug-likeness (QED) is 0.122. The zero-order valence-corrected chi connectivity index (χ0v) is 21.1. The number of benzene rings is 1. The number of nitrogens with zero attached hydrogens (tertiary/aromatic N) is 2. The third-order valence-electron chi connectivity index (χ3n) is 4.92. The molecule has 0 unspecified atom stereocenters. The van der Waals surface area contributed by atoms with Crippen molar-refractivity contribution < 1.29 is 19.0 Å². The molecule has 3 rings (SSSR count). The van der Waals surface area contributed by atoms with Gasteiger partial charge in [-0.3, -0.25) is 0 Å². The van der Waals surface area contributed by atoms with Crippen LogP contribution in [0.3, 0.4) is 0 Å². The van der Waals surface area contributed by atoms with Gasteiger partial charge in [-0.15, -0.1) is 0 Å². The van der Waals surface area contributed by atoms with Crippen molar-refractivity contribution in [3.8, 4) is 11.5 Å². The number of nitrogens with one attached hydrogen (secondary N) is 2. The van der Waals surface area contributed by atoms with Crippen LogP contribution in [-0.4, -0.2) is 49.6 Å². The Bertz CT molecular complexity index is 1150. The van der Waals surface area contributed by atoms with E-state index in [2.05, 4.69) is 29.9 Å². The number of allylic oxidation sites excluding steroid dienone is 1. The van der Waals surface area contributed by atoms with Gasteiger partial charge in [-0.05, 0) is 61.0 Å². The zero-order valence-electron chi connectivity index (χ0n) is 20.1. The second-order valence-corrected chi connectivity index (χ2v) is 14.5. The highest BCUT2D eigenvalue weighted by Gasteiger charge is 2.13. The Morgan fingerprint density at radius 3 is 2.53 bits per heavy atom. The lowest BCUT2D eigenvalue weighted by molar-refractivity contribution is 0.0520. The summed E-state index contributed by atoms with van der Waals surface area (Å²) in [6.45, 7) is 10.1. The number of pyridine rings is 1. The SMILES string of the molecule is CCOC(=O)c1cn2cc(Oc3ccc(/C(=C/C=N)NCOCC[Si](C)(C)C)cc3)ccc2n1. The molecule has 3 aromatic rings. The highest BCUT2D eigenvalue weighted by Crippen LogP contribution is 2.24. The fourth-order valence-electron chi connectivity index (χ4n) is 3.09. The van der Waals surface area contributed by atoms with Crippen LogP contribution < -0.4 is 10.1 Å². The van der Waals surface area contributed by atoms with Crippen molar-refractivity contribution in [1.29, 1.82) is 5.41 Å². The van der Waals surface area contributed by atoms with Crippen molar-refractivity contribution in [2.45, 2.75) is 32.6 Å². The number of esters is 1. The Labute approximate surface area is 201 Å². The summed E-state index contributed by atoms with van der Waals surface area (Å²) in [5.74, 6) is 0.819. The number of rotatable bonds is 12. The number of aromatic nitrogens is 2. The van der Waals surface area contributed by atoms with E-state index in [1.165, 1.54) is 6.21 Å². The Kier molecular flexibility index (Phi) is 8.61. The molecule has 2 aromatic heterocycles. The minimum Gasteiger partial charge on any atom is -0.461 e. The molecule has 2 N–H and O–H groups in total. The van der Waals surface area contributed by atoms with Gasteiger partial charge in [0.25, 0.3) is 0 Å². The van der Waals surface area contributed by atoms with E-state index < -0.39 is 14.0 Å². The fraction of sp³-hybridized carbons (Fsp3) is 0.320. The molecule has 8 nitrogen and oxygen atoms in total. The lowest BCUT2D eigenvalue weighted by atomic mass is 10.1. The number of hydrogen-bond acceptors (Lipinski definition) is 7. The summed E-state index contributed by atoms with van der Waals surface area (Å²) in [5.41, 5.74) is 2.62. The summed E-state index contributed by atoms with van der Waals surface area (Å²) in [6, 6.07) is 12.3. The second kappa shape index (κ2) is 11.6. The van der Waals surface area contributed by atoms with Crippen LogP contribution in [0.2, 0.25) is 25.7 Å². The van der Waals surface area contributed by atoms with Crippen molar-refractivity contribution in [3.63, 3.8) is 0 Å². The van der Waals surface area contributed by atoms with E-state index in [1.807, 2.05) is 24.3 Å². The standard InChI is InChI=1S/C25H32N4O4Si/c1-5-32-25(30)23-17-29-16-21(10-11-24(29)28-23)33-20-8-6-19(7-9-20)22(12-13-26)27-18-31-14-15-34(2,3)4/h6-13,16-17,26-27H,5,14-15,18H2,1-4H3/b22-12-,26-13?. The lowest BCUT2D eigenvalue weighted by Gasteiger charge is -2.16. The summed E-state index contributed by atoms with van der Waals surface area (Å²) >= 11 is 0. The molecule has 0 aliphatic rings. The molecule has 34 heavy (non-hydrogen) atoms. The summed E-state index contributed by atoms with van der Waals surface area (Å²) in [6.07, 6.45) is 6.33. The van der Waals surface area contributed by atoms with Gasteiger partial charge in [-0.2, -0.15) is 0 Å². The van der Waals surface area contributed by atoms with Crippen molar-refractivity contribution in [2.75, 3.05) is 19.9 Å². The van der Waals surface area contributed by atoms with Crippen molar-refractivity contribution in [3.05, 3.63) is 66.1 Å². The number of carbonyl (C=O) groups is 1. The molecule has 0 aliphatic heterocycles. The summed E-state index contributed by atoms with van der Waals surface area (Å²) in [4.78, 5) is 16.2. The van der Waals surface area contributed by atoms with E-state index in [1.54, 1.807) is 41.9 Å². The Hall–Kier alpha value is -3.43. The maximum absolute atomic E-state index is 11.9. The summed E-state index contributed by atoms with van der Waals surface area (Å²) in [5, 5.41) is 10.7. The molecular formula is C25H32N4O4Si. The summed E-state index contributed by atoms with van der Waals surface area (Å²) in [7, 11) is -1.12. The number of ether oxygens (including phenoxy) is 3. The Balaban J connectivity index is 1.62. The van der Waals surface area contributed by atoms with Gasteiger partial charge < -0.3 is 29.3 Å². The van der Waals surface area contributed by atoms with E-state index >= 15 is 0 Å². The van der Waals surface area contributed by atoms with Crippen LogP contribution >= 0.6 is 0 Å². The molecule has 0 aliphatic carbocycles. The van der Waals surface area contributed by atoms with Crippen molar-refractivity contribution >= 4 is 31.6 Å². The molecule has 0 radical (unpaired) electrons. The second-order valence-electron chi connectivity index (χ2n) is 8.89. The first-order valence-corrected chi connectivity index (χ1v) is 15.0. The maximum atomic E-state index is 11.9. The minimum atomic E-state index is -1.12. The molecule has 0 fully saturated rings. The molecule has 0 spiro atoms. The molecule has 0 atom stereocenters. The third-order valence-corrected chi connectivity index (χ3v) is 6.62. The highest BCUT2D eigenvalue weighted by atomic mass is 28.3. The van der Waals surface area contributed by atoms with Crippen molar-refractivity contribution in [1.82, 2.24) is 14.7 Å². The van der Waals surface area contributed by atoms with E-state index in [0.717, 1.165) is 23.9 Å². The topological polar surface area (TPSA) is 97.9 Å². The average molecular weight is 481 g/mol. The minimum absolute atomic E-state index is 0.255. The van der Waals surface area contributed by atoms with E-state index in [-0.39, 0.29) is 5.69 Å². The summed E-state index contributed by atoms with van der Waals surface area (Å²) < 4.78 is 18.4. The smallest absolute Gasteiger partial charge is 0.358 e. The molecule has 180 valence electrons. The maximum Gasteiger partial charge on any atom is 0.358 e. The number of carbonyl (C=O) groups excluding carboxylic acids is 1. The van der Waals surface area contributed by atoms with Crippen LogP contribution in [-0.2, 0) is 9.47 Å². The van der Waals surface area contributed by atoms with Gasteiger partial charge >= 0.3 is 5.97 Å². The van der Waals surface area contributed by atoms with Gasteiger partial charge in [0.1, 0.15) is 23.9 Å². The van der Waals surface area contributed by atoms with Gasteiger partial charge in [-0.25, -0.2) is 9.78 Å². The zero-order chi connectivity index (χ0) is 24.6. The number of hydrogen-bond donors (Lipinski definition) is 2. The Morgan fingerprint density at radius 2 is 1.85 bits per heavy atom. The molecule has 0 amide bonds. The van der Waals surface area contributed by atoms with Crippen LogP contribution in [0, 0.1) is 5.41 Å². The normalized spacial score (nSPS) is 11.9. The first-order valence-electron chi connectivity index (χ1n) is 11.3. The van der Waals surface area contributed by atoms with E-state index in [9.17, 15) is 4.79 Å². The number of fused-ring (bicyclic) bond motifs is 1. The molecule has 0 saturated carbocycles. The predicted molar refractivity (Wildman–Crippen MR) is 137 cm³/mol. The molecular weight excluding hydrogens is 448 g/mol. The first kappa shape index (κ1) is 25.2. The van der Waals surface area contributed by atoms with Gasteiger partial charge in [0.05, 0.1) is 12.8 Å². The van der Waals surface area contributed by atoms with Gasteiger partial charge in [0.15, 0.2) is 5.69 Å². The highest BCUT2D eigenvalue weighted by molar-refractivity contribution is 6.76. The van der Waals surface area contributed by atoms with Crippen LogP contribution in [0.4, 0.5) is 0 Å². The average Bonchev–Trinajstić information content (AvgIpc) is 3.22. The van der Waals surface area contributed by atoms with Gasteiger partial charge in [0.2, 0.25) is 0 Å². The van der Waals surface area contributed by atoms with Gasteiger partial charge in [0, 0.05) is 32.8 Å². The van der Waals surface area contributed by atoms with E-state index in [4.69, 9.17) is 19.6 Å². The van der Waals surface area contributed by atoms with E-state index in [0.29, 0.717) is 30.5 Å². The van der Waals surface area contributed by atoms with Crippen molar-refractivity contribution in [2.24, 2.45) is 0 Å². The lowest BCUT2D eigenvalue weighted by Crippen LogP contribution is -2.24.